The lowest BCUT2D eigenvalue weighted by atomic mass is 9.85. The SMILES string of the molecule is CN(CC(O)C1CCCCC1)CC(F)(F)F. The average Bonchev–Trinajstić information content (AvgIpc) is 2.16. The van der Waals surface area contributed by atoms with Crippen molar-refractivity contribution in [3.63, 3.8) is 0 Å². The Morgan fingerprint density at radius 2 is 1.81 bits per heavy atom. The zero-order chi connectivity index (χ0) is 12.2. The Kier molecular flexibility index (Phi) is 5.05. The molecule has 1 fully saturated rings. The molecule has 0 aromatic rings. The van der Waals surface area contributed by atoms with Gasteiger partial charge in [-0.3, -0.25) is 4.90 Å². The first-order valence-electron chi connectivity index (χ1n) is 5.82. The fourth-order valence-corrected chi connectivity index (χ4v) is 2.36. The summed E-state index contributed by atoms with van der Waals surface area (Å²) < 4.78 is 36.2. The Labute approximate surface area is 94.4 Å². The second-order valence-corrected chi connectivity index (χ2v) is 4.78. The summed E-state index contributed by atoms with van der Waals surface area (Å²) in [5.41, 5.74) is 0. The molecule has 1 aliphatic rings. The van der Waals surface area contributed by atoms with E-state index in [1.54, 1.807) is 0 Å². The van der Waals surface area contributed by atoms with E-state index in [1.807, 2.05) is 0 Å². The van der Waals surface area contributed by atoms with Crippen LogP contribution in [0.2, 0.25) is 0 Å². The maximum absolute atomic E-state index is 12.1. The largest absolute Gasteiger partial charge is 0.401 e. The quantitative estimate of drug-likeness (QED) is 0.814. The number of hydrogen-bond donors (Lipinski definition) is 1. The van der Waals surface area contributed by atoms with Crippen LogP contribution in [0.25, 0.3) is 0 Å². The van der Waals surface area contributed by atoms with E-state index in [4.69, 9.17) is 0 Å². The van der Waals surface area contributed by atoms with Gasteiger partial charge in [-0.1, -0.05) is 19.3 Å². The molecule has 0 aromatic heterocycles. The third kappa shape index (κ3) is 5.16. The van der Waals surface area contributed by atoms with Gasteiger partial charge in [0.05, 0.1) is 12.6 Å². The summed E-state index contributed by atoms with van der Waals surface area (Å²) in [4.78, 5) is 1.15. The van der Waals surface area contributed by atoms with Crippen molar-refractivity contribution in [1.29, 1.82) is 0 Å². The summed E-state index contributed by atoms with van der Waals surface area (Å²) in [5.74, 6) is 0.185. The molecular formula is C11H20F3NO. The molecule has 0 aromatic carbocycles. The van der Waals surface area contributed by atoms with Gasteiger partial charge in [0.1, 0.15) is 0 Å². The van der Waals surface area contributed by atoms with Crippen LogP contribution in [0.15, 0.2) is 0 Å². The van der Waals surface area contributed by atoms with Crippen LogP contribution in [-0.2, 0) is 0 Å². The fraction of sp³-hybridized carbons (Fsp3) is 1.00. The van der Waals surface area contributed by atoms with Crippen LogP contribution in [0.4, 0.5) is 13.2 Å². The van der Waals surface area contributed by atoms with E-state index in [0.717, 1.165) is 30.6 Å². The molecule has 0 heterocycles. The van der Waals surface area contributed by atoms with Crippen molar-refractivity contribution in [3.05, 3.63) is 0 Å². The molecule has 5 heteroatoms. The second-order valence-electron chi connectivity index (χ2n) is 4.78. The molecule has 0 amide bonds. The van der Waals surface area contributed by atoms with Crippen LogP contribution >= 0.6 is 0 Å². The topological polar surface area (TPSA) is 23.5 Å². The number of aliphatic hydroxyl groups is 1. The van der Waals surface area contributed by atoms with Crippen LogP contribution in [0, 0.1) is 5.92 Å². The molecule has 1 aliphatic carbocycles. The van der Waals surface area contributed by atoms with Crippen molar-refractivity contribution in [3.8, 4) is 0 Å². The maximum Gasteiger partial charge on any atom is 0.401 e. The van der Waals surface area contributed by atoms with E-state index >= 15 is 0 Å². The highest BCUT2D eigenvalue weighted by molar-refractivity contribution is 4.76. The molecular weight excluding hydrogens is 219 g/mol. The smallest absolute Gasteiger partial charge is 0.392 e. The van der Waals surface area contributed by atoms with Crippen molar-refractivity contribution in [2.75, 3.05) is 20.1 Å². The van der Waals surface area contributed by atoms with Crippen LogP contribution < -0.4 is 0 Å². The highest BCUT2D eigenvalue weighted by Crippen LogP contribution is 2.27. The zero-order valence-corrected chi connectivity index (χ0v) is 9.63. The van der Waals surface area contributed by atoms with Gasteiger partial charge in [0, 0.05) is 6.54 Å². The number of halogens is 3. The molecule has 96 valence electrons. The Morgan fingerprint density at radius 3 is 2.31 bits per heavy atom. The lowest BCUT2D eigenvalue weighted by Gasteiger charge is -2.29. The Bertz CT molecular complexity index is 202. The van der Waals surface area contributed by atoms with Crippen molar-refractivity contribution in [2.45, 2.75) is 44.4 Å². The van der Waals surface area contributed by atoms with E-state index in [-0.39, 0.29) is 12.5 Å². The van der Waals surface area contributed by atoms with Gasteiger partial charge >= 0.3 is 6.18 Å². The minimum absolute atomic E-state index is 0.115. The van der Waals surface area contributed by atoms with Crippen LogP contribution in [-0.4, -0.2) is 42.4 Å². The standard InChI is InChI=1S/C11H20F3NO/c1-15(8-11(12,13)14)7-10(16)9-5-3-2-4-6-9/h9-10,16H,2-8H2,1H3. The number of rotatable bonds is 4. The molecule has 1 unspecified atom stereocenters. The van der Waals surface area contributed by atoms with Crippen molar-refractivity contribution in [1.82, 2.24) is 4.90 Å². The van der Waals surface area contributed by atoms with E-state index in [1.165, 1.54) is 13.5 Å². The average molecular weight is 239 g/mol. The lowest BCUT2D eigenvalue weighted by Crippen LogP contribution is -2.39. The molecule has 0 radical (unpaired) electrons. The highest BCUT2D eigenvalue weighted by atomic mass is 19.4. The lowest BCUT2D eigenvalue weighted by molar-refractivity contribution is -0.146. The van der Waals surface area contributed by atoms with Gasteiger partial charge in [-0.25, -0.2) is 0 Å². The predicted octanol–water partition coefficient (Wildman–Crippen LogP) is 2.42. The first-order chi connectivity index (χ1) is 7.38. The van der Waals surface area contributed by atoms with Crippen LogP contribution in [0.1, 0.15) is 32.1 Å². The Hall–Kier alpha value is -0.290. The Morgan fingerprint density at radius 1 is 1.25 bits per heavy atom. The molecule has 2 nitrogen and oxygen atoms in total. The molecule has 0 saturated heterocycles. The van der Waals surface area contributed by atoms with E-state index in [2.05, 4.69) is 0 Å². The van der Waals surface area contributed by atoms with Gasteiger partial charge in [0.25, 0.3) is 0 Å². The van der Waals surface area contributed by atoms with Crippen LogP contribution in [0.3, 0.4) is 0 Å². The summed E-state index contributed by atoms with van der Waals surface area (Å²) in [6.07, 6.45) is 0.452. The van der Waals surface area contributed by atoms with Gasteiger partial charge in [0.2, 0.25) is 0 Å². The summed E-state index contributed by atoms with van der Waals surface area (Å²) >= 11 is 0. The predicted molar refractivity (Wildman–Crippen MR) is 56.1 cm³/mol. The first kappa shape index (κ1) is 13.8. The van der Waals surface area contributed by atoms with Gasteiger partial charge in [-0.15, -0.1) is 0 Å². The molecule has 0 bridgehead atoms. The maximum atomic E-state index is 12.1. The van der Waals surface area contributed by atoms with Crippen molar-refractivity contribution < 1.29 is 18.3 Å². The molecule has 1 rings (SSSR count). The minimum atomic E-state index is -4.18. The Balaban J connectivity index is 2.29. The number of aliphatic hydroxyl groups excluding tert-OH is 1. The number of nitrogens with zero attached hydrogens (tertiary/aromatic N) is 1. The third-order valence-corrected chi connectivity index (χ3v) is 3.14. The molecule has 1 atom stereocenters. The molecule has 0 aliphatic heterocycles. The van der Waals surface area contributed by atoms with Gasteiger partial charge in [-0.2, -0.15) is 13.2 Å². The molecule has 0 spiro atoms. The summed E-state index contributed by atoms with van der Waals surface area (Å²) in [7, 11) is 1.40. The number of likely N-dealkylation sites (N-methyl/N-ethyl adjacent to an activating group) is 1. The van der Waals surface area contributed by atoms with Gasteiger partial charge < -0.3 is 5.11 Å². The highest BCUT2D eigenvalue weighted by Gasteiger charge is 2.31. The van der Waals surface area contributed by atoms with Crippen molar-refractivity contribution >= 4 is 0 Å². The van der Waals surface area contributed by atoms with Crippen LogP contribution in [0.5, 0.6) is 0 Å². The van der Waals surface area contributed by atoms with E-state index in [9.17, 15) is 18.3 Å². The first-order valence-corrected chi connectivity index (χ1v) is 5.82. The normalized spacial score (nSPS) is 21.4. The van der Waals surface area contributed by atoms with E-state index < -0.39 is 18.8 Å². The molecule has 1 N–H and O–H groups in total. The molecule has 1 saturated carbocycles. The summed E-state index contributed by atoms with van der Waals surface area (Å²) in [5, 5.41) is 9.83. The van der Waals surface area contributed by atoms with E-state index in [0.29, 0.717) is 0 Å². The number of alkyl halides is 3. The second kappa shape index (κ2) is 5.87. The van der Waals surface area contributed by atoms with Gasteiger partial charge in [-0.05, 0) is 25.8 Å². The van der Waals surface area contributed by atoms with Gasteiger partial charge in [0.15, 0.2) is 0 Å². The molecule has 16 heavy (non-hydrogen) atoms. The zero-order valence-electron chi connectivity index (χ0n) is 9.63. The third-order valence-electron chi connectivity index (χ3n) is 3.14. The minimum Gasteiger partial charge on any atom is -0.392 e. The monoisotopic (exact) mass is 239 g/mol. The fourth-order valence-electron chi connectivity index (χ4n) is 2.36. The summed E-state index contributed by atoms with van der Waals surface area (Å²) in [6, 6.07) is 0. The van der Waals surface area contributed by atoms with Crippen molar-refractivity contribution in [2.24, 2.45) is 5.92 Å². The summed E-state index contributed by atoms with van der Waals surface area (Å²) in [6.45, 7) is -0.832. The number of hydrogen-bond acceptors (Lipinski definition) is 2.